The van der Waals surface area contributed by atoms with Gasteiger partial charge in [-0.15, -0.1) is 5.10 Å². The highest BCUT2D eigenvalue weighted by Gasteiger charge is 2.12. The summed E-state index contributed by atoms with van der Waals surface area (Å²) in [6, 6.07) is 3.36. The zero-order valence-corrected chi connectivity index (χ0v) is 13.2. The number of amides is 1. The Hall–Kier alpha value is -1.15. The first kappa shape index (κ1) is 15.2. The van der Waals surface area contributed by atoms with Gasteiger partial charge in [0.1, 0.15) is 6.54 Å². The predicted octanol–water partition coefficient (Wildman–Crippen LogP) is 2.44. The molecule has 6 nitrogen and oxygen atoms in total. The van der Waals surface area contributed by atoms with Crippen molar-refractivity contribution in [3.8, 4) is 0 Å². The summed E-state index contributed by atoms with van der Waals surface area (Å²) in [7, 11) is 0. The zero-order valence-electron chi connectivity index (χ0n) is 10.1. The quantitative estimate of drug-likeness (QED) is 0.800. The van der Waals surface area contributed by atoms with Gasteiger partial charge in [0.05, 0.1) is 27.6 Å². The summed E-state index contributed by atoms with van der Waals surface area (Å²) in [4.78, 5) is 11.9. The largest absolute Gasteiger partial charge is 0.325 e. The molecule has 0 aliphatic carbocycles. The molecule has 3 N–H and O–H groups in total. The van der Waals surface area contributed by atoms with E-state index in [0.717, 1.165) is 0 Å². The van der Waals surface area contributed by atoms with E-state index in [9.17, 15) is 4.79 Å². The van der Waals surface area contributed by atoms with Gasteiger partial charge in [-0.2, -0.15) is 0 Å². The van der Waals surface area contributed by atoms with E-state index in [4.69, 9.17) is 28.9 Å². The third-order valence-corrected chi connectivity index (χ3v) is 4.18. The van der Waals surface area contributed by atoms with Crippen LogP contribution >= 0.6 is 39.1 Å². The summed E-state index contributed by atoms with van der Waals surface area (Å²) in [6.07, 6.45) is 1.61. The Morgan fingerprint density at radius 3 is 2.80 bits per heavy atom. The van der Waals surface area contributed by atoms with Gasteiger partial charge in [0.2, 0.25) is 5.91 Å². The van der Waals surface area contributed by atoms with Crippen molar-refractivity contribution in [1.82, 2.24) is 15.0 Å². The van der Waals surface area contributed by atoms with E-state index in [1.807, 2.05) is 0 Å². The summed E-state index contributed by atoms with van der Waals surface area (Å²) >= 11 is 15.3. The molecule has 0 unspecified atom stereocenters. The second kappa shape index (κ2) is 6.53. The molecule has 0 aliphatic heterocycles. The Morgan fingerprint density at radius 1 is 1.40 bits per heavy atom. The molecule has 9 heteroatoms. The molecule has 2 aromatic rings. The van der Waals surface area contributed by atoms with Crippen LogP contribution in [-0.2, 0) is 17.9 Å². The lowest BCUT2D eigenvalue weighted by Crippen LogP contribution is -2.19. The predicted molar refractivity (Wildman–Crippen MR) is 80.7 cm³/mol. The molecule has 0 saturated heterocycles. The summed E-state index contributed by atoms with van der Waals surface area (Å²) in [5.74, 6) is -0.293. The minimum absolute atomic E-state index is 0.0109. The zero-order chi connectivity index (χ0) is 14.7. The molecule has 0 spiro atoms. The summed E-state index contributed by atoms with van der Waals surface area (Å²) in [5, 5.41) is 10.8. The molecule has 0 bridgehead atoms. The summed E-state index contributed by atoms with van der Waals surface area (Å²) in [6.45, 7) is 0.285. The van der Waals surface area contributed by atoms with Gasteiger partial charge in [-0.25, -0.2) is 4.68 Å². The van der Waals surface area contributed by atoms with Crippen LogP contribution in [0, 0.1) is 0 Å². The van der Waals surface area contributed by atoms with Gasteiger partial charge in [-0.3, -0.25) is 4.79 Å². The number of carbonyl (C=O) groups is 1. The number of anilines is 1. The van der Waals surface area contributed by atoms with E-state index >= 15 is 0 Å². The molecule has 0 fully saturated rings. The lowest BCUT2D eigenvalue weighted by molar-refractivity contribution is -0.116. The number of aromatic nitrogens is 3. The van der Waals surface area contributed by atoms with Crippen molar-refractivity contribution < 1.29 is 4.79 Å². The monoisotopic (exact) mass is 377 g/mol. The summed E-state index contributed by atoms with van der Waals surface area (Å²) < 4.78 is 2.05. The highest BCUT2D eigenvalue weighted by atomic mass is 79.9. The van der Waals surface area contributed by atoms with E-state index in [-0.39, 0.29) is 24.0 Å². The number of nitrogens with zero attached hydrogens (tertiary/aromatic N) is 3. The molecule has 0 aliphatic rings. The molecule has 1 heterocycles. The fourth-order valence-corrected chi connectivity index (χ4v) is 2.29. The van der Waals surface area contributed by atoms with E-state index in [1.165, 1.54) is 4.68 Å². The number of rotatable bonds is 4. The fraction of sp³-hybridized carbons (Fsp3) is 0.182. The number of benzene rings is 1. The van der Waals surface area contributed by atoms with Crippen molar-refractivity contribution in [2.75, 3.05) is 5.32 Å². The second-order valence-corrected chi connectivity index (χ2v) is 5.49. The van der Waals surface area contributed by atoms with Crippen LogP contribution in [0.1, 0.15) is 5.69 Å². The Morgan fingerprint density at radius 2 is 2.15 bits per heavy atom. The van der Waals surface area contributed by atoms with Crippen molar-refractivity contribution in [2.45, 2.75) is 13.1 Å². The molecule has 1 amide bonds. The van der Waals surface area contributed by atoms with Crippen LogP contribution in [0.4, 0.5) is 5.69 Å². The first-order chi connectivity index (χ1) is 9.51. The second-order valence-electron chi connectivity index (χ2n) is 3.88. The maximum atomic E-state index is 11.9. The maximum absolute atomic E-state index is 11.9. The number of carbonyl (C=O) groups excluding carboxylic acids is 1. The third-order valence-electron chi connectivity index (χ3n) is 2.41. The lowest BCUT2D eigenvalue weighted by Gasteiger charge is -2.09. The van der Waals surface area contributed by atoms with Crippen molar-refractivity contribution in [2.24, 2.45) is 5.73 Å². The Balaban J connectivity index is 2.06. The van der Waals surface area contributed by atoms with E-state index < -0.39 is 0 Å². The maximum Gasteiger partial charge on any atom is 0.246 e. The van der Waals surface area contributed by atoms with Crippen LogP contribution in [0.25, 0.3) is 0 Å². The molecule has 106 valence electrons. The van der Waals surface area contributed by atoms with Crippen LogP contribution in [0.3, 0.4) is 0 Å². The number of nitrogens with two attached hydrogens (primary N) is 1. The lowest BCUT2D eigenvalue weighted by atomic mass is 10.3. The van der Waals surface area contributed by atoms with Gasteiger partial charge in [-0.05, 0) is 28.1 Å². The summed E-state index contributed by atoms with van der Waals surface area (Å²) in [5.41, 5.74) is 6.46. The molecule has 20 heavy (non-hydrogen) atoms. The van der Waals surface area contributed by atoms with Crippen LogP contribution in [-0.4, -0.2) is 20.9 Å². The standard InChI is InChI=1S/C11H10BrCl2N5O/c12-7-1-2-8(11(14)10(7)13)16-9(20)5-19-4-6(3-15)17-18-19/h1-2,4H,3,5,15H2,(H,16,20). The molecule has 0 atom stereocenters. The molecule has 0 radical (unpaired) electrons. The molecule has 1 aromatic carbocycles. The van der Waals surface area contributed by atoms with Gasteiger partial charge in [0.25, 0.3) is 0 Å². The van der Waals surface area contributed by atoms with Crippen molar-refractivity contribution in [3.63, 3.8) is 0 Å². The van der Waals surface area contributed by atoms with Crippen LogP contribution in [0.5, 0.6) is 0 Å². The average Bonchev–Trinajstić information content (AvgIpc) is 2.87. The molecule has 1 aromatic heterocycles. The molecular weight excluding hydrogens is 369 g/mol. The molecular formula is C11H10BrCl2N5O. The van der Waals surface area contributed by atoms with Crippen LogP contribution < -0.4 is 11.1 Å². The van der Waals surface area contributed by atoms with Gasteiger partial charge in [0.15, 0.2) is 0 Å². The normalized spacial score (nSPS) is 10.6. The number of hydrogen-bond donors (Lipinski definition) is 2. The molecule has 0 saturated carbocycles. The van der Waals surface area contributed by atoms with Crippen LogP contribution in [0.15, 0.2) is 22.8 Å². The highest BCUT2D eigenvalue weighted by molar-refractivity contribution is 9.10. The SMILES string of the molecule is NCc1cn(CC(=O)Nc2ccc(Br)c(Cl)c2Cl)nn1. The van der Waals surface area contributed by atoms with Gasteiger partial charge >= 0.3 is 0 Å². The number of nitrogens with one attached hydrogen (secondary N) is 1. The smallest absolute Gasteiger partial charge is 0.246 e. The Kier molecular flexibility index (Phi) is 4.98. The minimum Gasteiger partial charge on any atom is -0.325 e. The first-order valence-corrected chi connectivity index (χ1v) is 7.08. The molecule has 2 rings (SSSR count). The van der Waals surface area contributed by atoms with Crippen molar-refractivity contribution in [3.05, 3.63) is 38.5 Å². The first-order valence-electron chi connectivity index (χ1n) is 5.53. The van der Waals surface area contributed by atoms with E-state index in [2.05, 4.69) is 31.6 Å². The van der Waals surface area contributed by atoms with E-state index in [1.54, 1.807) is 18.3 Å². The minimum atomic E-state index is -0.293. The Labute approximate surface area is 133 Å². The van der Waals surface area contributed by atoms with Gasteiger partial charge < -0.3 is 11.1 Å². The Bertz CT molecular complexity index is 646. The average molecular weight is 379 g/mol. The van der Waals surface area contributed by atoms with Crippen molar-refractivity contribution in [1.29, 1.82) is 0 Å². The van der Waals surface area contributed by atoms with Gasteiger partial charge in [0, 0.05) is 11.0 Å². The number of halogens is 3. The number of hydrogen-bond acceptors (Lipinski definition) is 4. The van der Waals surface area contributed by atoms with Gasteiger partial charge in [-0.1, -0.05) is 28.4 Å². The van der Waals surface area contributed by atoms with E-state index in [0.29, 0.717) is 20.9 Å². The topological polar surface area (TPSA) is 85.8 Å². The van der Waals surface area contributed by atoms with Crippen molar-refractivity contribution >= 4 is 50.7 Å². The highest BCUT2D eigenvalue weighted by Crippen LogP contribution is 2.35. The third kappa shape index (κ3) is 3.49. The van der Waals surface area contributed by atoms with Crippen LogP contribution in [0.2, 0.25) is 10.0 Å². The fourth-order valence-electron chi connectivity index (χ4n) is 1.47.